The summed E-state index contributed by atoms with van der Waals surface area (Å²) in [6.07, 6.45) is 11.4. The molecule has 3 saturated carbocycles. The van der Waals surface area contributed by atoms with E-state index in [1.165, 1.54) is 24.8 Å². The Labute approximate surface area is 168 Å². The molecule has 6 rings (SSSR count). The molecule has 0 aromatic carbocycles. The second-order valence-electron chi connectivity index (χ2n) is 10.1. The van der Waals surface area contributed by atoms with E-state index in [-0.39, 0.29) is 17.0 Å². The van der Waals surface area contributed by atoms with Crippen LogP contribution in [0.25, 0.3) is 0 Å². The Hall–Kier alpha value is -0.680. The van der Waals surface area contributed by atoms with Crippen LogP contribution >= 0.6 is 0 Å². The molecule has 0 N–H and O–H groups in total. The predicted molar refractivity (Wildman–Crippen MR) is 105 cm³/mol. The van der Waals surface area contributed by atoms with Gasteiger partial charge in [-0.25, -0.2) is 0 Å². The molecule has 0 aromatic heterocycles. The topological polar surface area (TPSA) is 36.9 Å². The molecule has 1 unspecified atom stereocenters. The minimum absolute atomic E-state index is 0.126. The molecule has 0 radical (unpaired) electrons. The summed E-state index contributed by atoms with van der Waals surface area (Å²) >= 11 is 0. The maximum absolute atomic E-state index is 6.35. The van der Waals surface area contributed by atoms with Crippen molar-refractivity contribution in [3.8, 4) is 0 Å². The largest absolute Gasteiger partial charge is 0.347 e. The monoisotopic (exact) mass is 386 g/mol. The van der Waals surface area contributed by atoms with Crippen molar-refractivity contribution < 1.29 is 18.9 Å². The summed E-state index contributed by atoms with van der Waals surface area (Å²) < 4.78 is 24.8. The summed E-state index contributed by atoms with van der Waals surface area (Å²) in [4.78, 5) is 0. The lowest BCUT2D eigenvalue weighted by Gasteiger charge is -2.57. The molecule has 154 valence electrons. The summed E-state index contributed by atoms with van der Waals surface area (Å²) in [6.45, 7) is 10.0. The third kappa shape index (κ3) is 2.21. The van der Waals surface area contributed by atoms with Crippen molar-refractivity contribution in [2.75, 3.05) is 26.4 Å². The molecule has 0 bridgehead atoms. The molecule has 5 atom stereocenters. The molecular formula is C24H34O4. The van der Waals surface area contributed by atoms with Gasteiger partial charge in [0.25, 0.3) is 0 Å². The molecule has 4 aliphatic carbocycles. The van der Waals surface area contributed by atoms with Gasteiger partial charge in [-0.15, -0.1) is 0 Å². The summed E-state index contributed by atoms with van der Waals surface area (Å²) in [5, 5.41) is 0. The Morgan fingerprint density at radius 3 is 2.50 bits per heavy atom. The molecule has 28 heavy (non-hydrogen) atoms. The van der Waals surface area contributed by atoms with E-state index in [9.17, 15) is 0 Å². The molecule has 4 nitrogen and oxygen atoms in total. The van der Waals surface area contributed by atoms with Gasteiger partial charge in [-0.1, -0.05) is 30.7 Å². The number of fused-ring (bicyclic) bond motifs is 6. The van der Waals surface area contributed by atoms with E-state index in [4.69, 9.17) is 18.9 Å². The van der Waals surface area contributed by atoms with Crippen molar-refractivity contribution in [3.05, 3.63) is 23.8 Å². The van der Waals surface area contributed by atoms with E-state index in [1.54, 1.807) is 5.57 Å². The lowest BCUT2D eigenvalue weighted by Crippen LogP contribution is -2.55. The first-order valence-electron chi connectivity index (χ1n) is 11.5. The standard InChI is InChI=1S/C24H34O4/c1-3-22-14-16(2)21-18-6-8-23(25-10-11-26-23)15-17(18)4-5-19(21)20(22)7-9-24(22)27-12-13-28-24/h4,18-21H,2-3,5-15H2,1H3/t18?,19-,20-,21+,22-/m0/s1. The fourth-order valence-electron chi connectivity index (χ4n) is 8.31. The molecule has 0 amide bonds. The zero-order valence-electron chi connectivity index (χ0n) is 17.2. The number of hydrogen-bond acceptors (Lipinski definition) is 4. The van der Waals surface area contributed by atoms with Crippen LogP contribution in [0, 0.1) is 29.1 Å². The van der Waals surface area contributed by atoms with Crippen LogP contribution in [0.5, 0.6) is 0 Å². The molecule has 2 saturated heterocycles. The van der Waals surface area contributed by atoms with Crippen LogP contribution in [0.15, 0.2) is 23.8 Å². The normalized spacial score (nSPS) is 45.8. The summed E-state index contributed by atoms with van der Waals surface area (Å²) in [7, 11) is 0. The maximum Gasteiger partial charge on any atom is 0.174 e. The number of ether oxygens (including phenoxy) is 4. The zero-order valence-corrected chi connectivity index (χ0v) is 17.2. The fraction of sp³-hybridized carbons (Fsp3) is 0.833. The van der Waals surface area contributed by atoms with Crippen LogP contribution in [0.3, 0.4) is 0 Å². The van der Waals surface area contributed by atoms with E-state index in [0.29, 0.717) is 23.7 Å². The van der Waals surface area contributed by atoms with Crippen LogP contribution < -0.4 is 0 Å². The highest BCUT2D eigenvalue weighted by Crippen LogP contribution is 2.69. The van der Waals surface area contributed by atoms with Gasteiger partial charge in [-0.05, 0) is 55.8 Å². The van der Waals surface area contributed by atoms with E-state index in [0.717, 1.165) is 58.5 Å². The average molecular weight is 387 g/mol. The summed E-state index contributed by atoms with van der Waals surface area (Å²) in [5.41, 5.74) is 3.17. The van der Waals surface area contributed by atoms with Gasteiger partial charge in [0.15, 0.2) is 11.6 Å². The van der Waals surface area contributed by atoms with E-state index in [2.05, 4.69) is 19.6 Å². The third-order valence-electron chi connectivity index (χ3n) is 9.31. The van der Waals surface area contributed by atoms with Crippen LogP contribution in [0.2, 0.25) is 0 Å². The molecule has 2 spiro atoms. The zero-order chi connectivity index (χ0) is 19.0. The molecule has 2 heterocycles. The SMILES string of the molecule is C=C1C[C@@]2(CC)[C@@H](CCC23OCCO3)[C@@H]2CC=C3CC4(CCC3[C@@H]12)OCCO4. The predicted octanol–water partition coefficient (Wildman–Crippen LogP) is 4.60. The second-order valence-corrected chi connectivity index (χ2v) is 10.1. The lowest BCUT2D eigenvalue weighted by molar-refractivity contribution is -0.242. The van der Waals surface area contributed by atoms with Gasteiger partial charge in [0.2, 0.25) is 0 Å². The third-order valence-corrected chi connectivity index (χ3v) is 9.31. The Balaban J connectivity index is 1.34. The van der Waals surface area contributed by atoms with Crippen molar-refractivity contribution in [2.45, 2.75) is 69.9 Å². The Bertz CT molecular complexity index is 699. The van der Waals surface area contributed by atoms with Gasteiger partial charge < -0.3 is 18.9 Å². The summed E-state index contributed by atoms with van der Waals surface area (Å²) in [6, 6.07) is 0. The average Bonchev–Trinajstić information content (AvgIpc) is 3.43. The van der Waals surface area contributed by atoms with Gasteiger partial charge in [0, 0.05) is 24.7 Å². The Morgan fingerprint density at radius 2 is 1.75 bits per heavy atom. The molecule has 2 aliphatic heterocycles. The van der Waals surface area contributed by atoms with Crippen LogP contribution in [-0.2, 0) is 18.9 Å². The van der Waals surface area contributed by atoms with Gasteiger partial charge in [-0.2, -0.15) is 0 Å². The quantitative estimate of drug-likeness (QED) is 0.617. The van der Waals surface area contributed by atoms with Crippen molar-refractivity contribution in [3.63, 3.8) is 0 Å². The molecule has 0 aromatic rings. The van der Waals surface area contributed by atoms with Crippen molar-refractivity contribution in [1.29, 1.82) is 0 Å². The minimum atomic E-state index is -0.341. The molecule has 5 fully saturated rings. The smallest absolute Gasteiger partial charge is 0.174 e. The van der Waals surface area contributed by atoms with Crippen molar-refractivity contribution in [1.82, 2.24) is 0 Å². The summed E-state index contributed by atoms with van der Waals surface area (Å²) in [5.74, 6) is 2.00. The van der Waals surface area contributed by atoms with Gasteiger partial charge in [0.05, 0.1) is 26.4 Å². The van der Waals surface area contributed by atoms with Gasteiger partial charge in [-0.3, -0.25) is 0 Å². The van der Waals surface area contributed by atoms with Gasteiger partial charge in [0.1, 0.15) is 0 Å². The van der Waals surface area contributed by atoms with E-state index >= 15 is 0 Å². The minimum Gasteiger partial charge on any atom is -0.347 e. The number of allylic oxidation sites excluding steroid dienone is 2. The number of hydrogen-bond donors (Lipinski definition) is 0. The Kier molecular flexibility index (Phi) is 3.99. The van der Waals surface area contributed by atoms with Crippen molar-refractivity contribution >= 4 is 0 Å². The molecular weight excluding hydrogens is 352 g/mol. The van der Waals surface area contributed by atoms with Gasteiger partial charge >= 0.3 is 0 Å². The molecule has 4 heteroatoms. The first-order valence-corrected chi connectivity index (χ1v) is 11.5. The van der Waals surface area contributed by atoms with Crippen LogP contribution in [0.1, 0.15) is 58.3 Å². The number of rotatable bonds is 1. The van der Waals surface area contributed by atoms with Crippen LogP contribution in [-0.4, -0.2) is 38.0 Å². The highest BCUT2D eigenvalue weighted by atomic mass is 16.7. The fourth-order valence-corrected chi connectivity index (χ4v) is 8.31. The highest BCUT2D eigenvalue weighted by molar-refractivity contribution is 5.30. The van der Waals surface area contributed by atoms with Crippen molar-refractivity contribution in [2.24, 2.45) is 29.1 Å². The lowest BCUT2D eigenvalue weighted by atomic mass is 9.49. The molecule has 6 aliphatic rings. The maximum atomic E-state index is 6.35. The Morgan fingerprint density at radius 1 is 1.00 bits per heavy atom. The first-order chi connectivity index (χ1) is 13.6. The highest BCUT2D eigenvalue weighted by Gasteiger charge is 2.67. The van der Waals surface area contributed by atoms with E-state index in [1.807, 2.05) is 0 Å². The van der Waals surface area contributed by atoms with Crippen LogP contribution in [0.4, 0.5) is 0 Å². The first kappa shape index (κ1) is 18.1. The second kappa shape index (κ2) is 6.16. The van der Waals surface area contributed by atoms with E-state index < -0.39 is 0 Å².